The van der Waals surface area contributed by atoms with E-state index in [-0.39, 0.29) is 29.6 Å². The molecule has 0 aromatic carbocycles. The molecule has 6 heavy (non-hydrogen) atoms. The molecule has 0 heterocycles. The van der Waals surface area contributed by atoms with Gasteiger partial charge in [0, 0.05) is 6.61 Å². The zero-order valence-corrected chi connectivity index (χ0v) is 6.57. The Balaban J connectivity index is 0. The largest absolute Gasteiger partial charge is 1.00 e. The van der Waals surface area contributed by atoms with Crippen molar-refractivity contribution in [2.45, 2.75) is 19.8 Å². The van der Waals surface area contributed by atoms with Crippen molar-refractivity contribution in [3.8, 4) is 0 Å². The first kappa shape index (κ1) is 10.0. The molecule has 0 unspecified atom stereocenters. The van der Waals surface area contributed by atoms with Crippen molar-refractivity contribution in [3.63, 3.8) is 0 Å². The molecule has 0 saturated carbocycles. The van der Waals surface area contributed by atoms with Crippen LogP contribution >= 0.6 is 0 Å². The Bertz CT molecular complexity index is 15.0. The van der Waals surface area contributed by atoms with Crippen molar-refractivity contribution in [1.29, 1.82) is 0 Å². The number of aliphatic hydroxyl groups excluding tert-OH is 1. The second-order valence-corrected chi connectivity index (χ2v) is 1.08. The molecule has 0 radical (unpaired) electrons. The summed E-state index contributed by atoms with van der Waals surface area (Å²) in [6.45, 7) is 2.40. The van der Waals surface area contributed by atoms with Gasteiger partial charge in [-0.1, -0.05) is 13.3 Å². The van der Waals surface area contributed by atoms with Gasteiger partial charge < -0.3 is 5.11 Å². The quantitative estimate of drug-likeness (QED) is 0.387. The van der Waals surface area contributed by atoms with Crippen molar-refractivity contribution < 1.29 is 34.7 Å². The van der Waals surface area contributed by atoms with Gasteiger partial charge in [-0.2, -0.15) is 0 Å². The van der Waals surface area contributed by atoms with Crippen molar-refractivity contribution in [2.24, 2.45) is 0 Å². The van der Waals surface area contributed by atoms with Crippen LogP contribution in [0.3, 0.4) is 0 Å². The fourth-order valence-electron chi connectivity index (χ4n) is 0.158. The monoisotopic (exact) mass is 97.1 g/mol. The van der Waals surface area contributed by atoms with E-state index in [0.717, 1.165) is 12.8 Å². The Kier molecular flexibility index (Phi) is 15.7. The summed E-state index contributed by atoms with van der Waals surface area (Å²) >= 11 is 0. The first-order valence-electron chi connectivity index (χ1n) is 2.02. The van der Waals surface area contributed by atoms with Crippen LogP contribution < -0.4 is 29.6 Å². The average Bonchev–Trinajstić information content (AvgIpc) is 1.41. The summed E-state index contributed by atoms with van der Waals surface area (Å²) in [5.41, 5.74) is 0. The van der Waals surface area contributed by atoms with Crippen molar-refractivity contribution in [2.75, 3.05) is 6.61 Å². The summed E-state index contributed by atoms with van der Waals surface area (Å²) in [5, 5.41) is 8.07. The van der Waals surface area contributed by atoms with Crippen LogP contribution in [0.5, 0.6) is 0 Å². The van der Waals surface area contributed by atoms with Crippen LogP contribution in [-0.4, -0.2) is 11.7 Å². The molecule has 0 aliphatic rings. The Morgan fingerprint density at radius 3 is 2.00 bits per heavy atom. The van der Waals surface area contributed by atoms with Gasteiger partial charge >= 0.3 is 29.6 Å². The van der Waals surface area contributed by atoms with Gasteiger partial charge in [-0.05, 0) is 6.42 Å². The summed E-state index contributed by atoms with van der Waals surface area (Å²) in [6, 6.07) is 0. The Morgan fingerprint density at radius 1 is 1.50 bits per heavy atom. The van der Waals surface area contributed by atoms with Crippen LogP contribution in [0.4, 0.5) is 0 Å². The molecule has 0 bridgehead atoms. The van der Waals surface area contributed by atoms with Crippen molar-refractivity contribution >= 4 is 0 Å². The van der Waals surface area contributed by atoms with E-state index in [2.05, 4.69) is 6.92 Å². The molecule has 32 valence electrons. The predicted molar refractivity (Wildman–Crippen MR) is 22.0 cm³/mol. The fourth-order valence-corrected chi connectivity index (χ4v) is 0.158. The van der Waals surface area contributed by atoms with Gasteiger partial charge in [-0.25, -0.2) is 0 Å². The number of rotatable bonds is 2. The van der Waals surface area contributed by atoms with Crippen molar-refractivity contribution in [1.82, 2.24) is 0 Å². The van der Waals surface area contributed by atoms with Crippen LogP contribution in [-0.2, 0) is 0 Å². The molecule has 0 aromatic rings. The van der Waals surface area contributed by atoms with E-state index in [1.54, 1.807) is 0 Å². The van der Waals surface area contributed by atoms with E-state index in [0.29, 0.717) is 6.61 Å². The molecule has 1 N–H and O–H groups in total. The molecular formula is C4H10NaO+. The van der Waals surface area contributed by atoms with Gasteiger partial charge in [0.05, 0.1) is 0 Å². The van der Waals surface area contributed by atoms with Gasteiger partial charge in [0.25, 0.3) is 0 Å². The van der Waals surface area contributed by atoms with Crippen LogP contribution in [0.15, 0.2) is 0 Å². The van der Waals surface area contributed by atoms with Crippen molar-refractivity contribution in [3.05, 3.63) is 0 Å². The third-order valence-electron chi connectivity index (χ3n) is 0.512. The molecule has 0 rings (SSSR count). The molecule has 0 spiro atoms. The first-order valence-corrected chi connectivity index (χ1v) is 2.02. The SMILES string of the molecule is CCCCO.[Na+]. The summed E-state index contributed by atoms with van der Waals surface area (Å²) in [4.78, 5) is 0. The maximum atomic E-state index is 8.07. The topological polar surface area (TPSA) is 20.2 Å². The molecule has 0 amide bonds. The molecule has 0 aliphatic carbocycles. The number of hydrogen-bond acceptors (Lipinski definition) is 1. The molecule has 0 fully saturated rings. The molecular weight excluding hydrogens is 87.0 g/mol. The standard InChI is InChI=1S/C4H10O.Na/c1-2-3-4-5;/h5H,2-4H2,1H3;/q;+1. The first-order chi connectivity index (χ1) is 2.41. The molecule has 0 aliphatic heterocycles. The number of aliphatic hydroxyl groups is 1. The minimum Gasteiger partial charge on any atom is -0.396 e. The number of hydrogen-bond donors (Lipinski definition) is 1. The van der Waals surface area contributed by atoms with E-state index in [9.17, 15) is 0 Å². The predicted octanol–water partition coefficient (Wildman–Crippen LogP) is -2.22. The minimum absolute atomic E-state index is 0. The summed E-state index contributed by atoms with van der Waals surface area (Å²) in [7, 11) is 0. The third-order valence-corrected chi connectivity index (χ3v) is 0.512. The van der Waals surface area contributed by atoms with E-state index in [1.165, 1.54) is 0 Å². The molecule has 0 atom stereocenters. The molecule has 0 saturated heterocycles. The van der Waals surface area contributed by atoms with Gasteiger partial charge in [0.15, 0.2) is 0 Å². The van der Waals surface area contributed by atoms with Crippen LogP contribution in [0, 0.1) is 0 Å². The smallest absolute Gasteiger partial charge is 0.396 e. The second-order valence-electron chi connectivity index (χ2n) is 1.08. The molecule has 2 heteroatoms. The second kappa shape index (κ2) is 9.35. The molecule has 0 aromatic heterocycles. The average molecular weight is 97.1 g/mol. The third kappa shape index (κ3) is 8.88. The van der Waals surface area contributed by atoms with E-state index >= 15 is 0 Å². The van der Waals surface area contributed by atoms with E-state index in [1.807, 2.05) is 0 Å². The minimum atomic E-state index is 0. The van der Waals surface area contributed by atoms with E-state index in [4.69, 9.17) is 5.11 Å². The Morgan fingerprint density at radius 2 is 2.00 bits per heavy atom. The zero-order chi connectivity index (χ0) is 4.12. The van der Waals surface area contributed by atoms with Crippen LogP contribution in [0.1, 0.15) is 19.8 Å². The van der Waals surface area contributed by atoms with Crippen LogP contribution in [0.2, 0.25) is 0 Å². The van der Waals surface area contributed by atoms with Gasteiger partial charge in [-0.15, -0.1) is 0 Å². The van der Waals surface area contributed by atoms with Gasteiger partial charge in [0.2, 0.25) is 0 Å². The summed E-state index contributed by atoms with van der Waals surface area (Å²) in [6.07, 6.45) is 2.04. The van der Waals surface area contributed by atoms with E-state index < -0.39 is 0 Å². The normalized spacial score (nSPS) is 7.00. The van der Waals surface area contributed by atoms with Crippen LogP contribution in [0.25, 0.3) is 0 Å². The summed E-state index contributed by atoms with van der Waals surface area (Å²) in [5.74, 6) is 0. The Hall–Kier alpha value is 0.960. The maximum absolute atomic E-state index is 8.07. The summed E-state index contributed by atoms with van der Waals surface area (Å²) < 4.78 is 0. The van der Waals surface area contributed by atoms with Gasteiger partial charge in [0.1, 0.15) is 0 Å². The fraction of sp³-hybridized carbons (Fsp3) is 1.00. The molecule has 1 nitrogen and oxygen atoms in total. The maximum Gasteiger partial charge on any atom is 1.00 e. The number of unbranched alkanes of at least 4 members (excludes halogenated alkanes) is 1. The van der Waals surface area contributed by atoms with Gasteiger partial charge in [-0.3, -0.25) is 0 Å². The zero-order valence-electron chi connectivity index (χ0n) is 4.57. The Labute approximate surface area is 61.0 Å².